The van der Waals surface area contributed by atoms with E-state index in [0.29, 0.717) is 12.5 Å². The summed E-state index contributed by atoms with van der Waals surface area (Å²) in [5.41, 5.74) is 6.09. The monoisotopic (exact) mass is 199 g/mol. The minimum absolute atomic E-state index is 0.0596. The number of nitrogens with two attached hydrogens (primary N) is 1. The van der Waals surface area contributed by atoms with Crippen LogP contribution in [-0.2, 0) is 9.47 Å². The van der Waals surface area contributed by atoms with Gasteiger partial charge in [-0.25, -0.2) is 0 Å². The molecule has 0 saturated heterocycles. The average Bonchev–Trinajstić information content (AvgIpc) is 2.65. The lowest BCUT2D eigenvalue weighted by atomic mass is 9.98. The summed E-state index contributed by atoms with van der Waals surface area (Å²) < 4.78 is 11.1. The zero-order chi connectivity index (χ0) is 10.6. The van der Waals surface area contributed by atoms with Gasteiger partial charge in [0, 0.05) is 13.0 Å². The van der Waals surface area contributed by atoms with Gasteiger partial charge in [-0.3, -0.25) is 0 Å². The van der Waals surface area contributed by atoms with E-state index in [1.54, 1.807) is 0 Å². The van der Waals surface area contributed by atoms with E-state index in [4.69, 9.17) is 15.2 Å². The zero-order valence-electron chi connectivity index (χ0n) is 9.32. The van der Waals surface area contributed by atoms with Gasteiger partial charge < -0.3 is 15.2 Å². The fourth-order valence-electron chi connectivity index (χ4n) is 1.73. The second-order valence-electron chi connectivity index (χ2n) is 3.93. The van der Waals surface area contributed by atoms with Crippen LogP contribution in [0.2, 0.25) is 0 Å². The van der Waals surface area contributed by atoms with Crippen molar-refractivity contribution in [3.05, 3.63) is 11.8 Å². The first-order valence-corrected chi connectivity index (χ1v) is 5.36. The molecule has 1 aliphatic rings. The van der Waals surface area contributed by atoms with Crippen LogP contribution in [0.3, 0.4) is 0 Å². The summed E-state index contributed by atoms with van der Waals surface area (Å²) in [6.45, 7) is 7.70. The van der Waals surface area contributed by atoms with Gasteiger partial charge in [0.2, 0.25) is 0 Å². The van der Waals surface area contributed by atoms with Crippen molar-refractivity contribution < 1.29 is 9.47 Å². The van der Waals surface area contributed by atoms with E-state index in [2.05, 4.69) is 19.9 Å². The second kappa shape index (κ2) is 5.37. The van der Waals surface area contributed by atoms with Gasteiger partial charge in [0.25, 0.3) is 0 Å². The Hall–Kier alpha value is -0.540. The van der Waals surface area contributed by atoms with Gasteiger partial charge in [0.15, 0.2) is 0 Å². The summed E-state index contributed by atoms with van der Waals surface area (Å²) in [6, 6.07) is -0.113. The Kier molecular flexibility index (Phi) is 4.42. The molecule has 3 heteroatoms. The molecule has 0 fully saturated rings. The maximum atomic E-state index is 6.09. The summed E-state index contributed by atoms with van der Waals surface area (Å²) in [5.74, 6) is 1.31. The zero-order valence-corrected chi connectivity index (χ0v) is 9.32. The number of hydrogen-bond acceptors (Lipinski definition) is 3. The standard InChI is InChI=1S/C11H21NO2/c1-4-13-11(8(2)3)10(12)9-6-5-7-14-9/h6,8,10-11H,4-5,7,12H2,1-3H3. The normalized spacial score (nSPS) is 20.5. The highest BCUT2D eigenvalue weighted by molar-refractivity contribution is 5.09. The molecule has 2 N–H and O–H groups in total. The molecule has 2 atom stereocenters. The van der Waals surface area contributed by atoms with Crippen LogP contribution in [0.15, 0.2) is 11.8 Å². The largest absolute Gasteiger partial charge is 0.496 e. The van der Waals surface area contributed by atoms with Crippen LogP contribution in [-0.4, -0.2) is 25.4 Å². The van der Waals surface area contributed by atoms with Crippen molar-refractivity contribution in [3.8, 4) is 0 Å². The molecule has 14 heavy (non-hydrogen) atoms. The SMILES string of the molecule is CCOC(C(C)C)C(N)C1=CCCO1. The van der Waals surface area contributed by atoms with Gasteiger partial charge in [0.1, 0.15) is 5.76 Å². The second-order valence-corrected chi connectivity index (χ2v) is 3.93. The fraction of sp³-hybridized carbons (Fsp3) is 0.818. The van der Waals surface area contributed by atoms with Crippen LogP contribution >= 0.6 is 0 Å². The topological polar surface area (TPSA) is 44.5 Å². The first-order chi connectivity index (χ1) is 6.66. The molecule has 0 aromatic carbocycles. The van der Waals surface area contributed by atoms with E-state index >= 15 is 0 Å². The first-order valence-electron chi connectivity index (χ1n) is 5.36. The summed E-state index contributed by atoms with van der Waals surface area (Å²) >= 11 is 0. The summed E-state index contributed by atoms with van der Waals surface area (Å²) in [7, 11) is 0. The highest BCUT2D eigenvalue weighted by atomic mass is 16.5. The van der Waals surface area contributed by atoms with Crippen molar-refractivity contribution in [2.75, 3.05) is 13.2 Å². The molecule has 2 unspecified atom stereocenters. The molecule has 0 aromatic rings. The summed E-state index contributed by atoms with van der Waals surface area (Å²) in [4.78, 5) is 0. The van der Waals surface area contributed by atoms with E-state index in [1.807, 2.05) is 6.92 Å². The van der Waals surface area contributed by atoms with E-state index in [1.165, 1.54) is 0 Å². The van der Waals surface area contributed by atoms with E-state index in [-0.39, 0.29) is 12.1 Å². The molecule has 0 aromatic heterocycles. The predicted molar refractivity (Wildman–Crippen MR) is 56.9 cm³/mol. The van der Waals surface area contributed by atoms with Gasteiger partial charge in [-0.05, 0) is 18.9 Å². The highest BCUT2D eigenvalue weighted by Gasteiger charge is 2.27. The molecule has 0 aliphatic carbocycles. The number of hydrogen-bond donors (Lipinski definition) is 1. The van der Waals surface area contributed by atoms with Crippen LogP contribution < -0.4 is 5.73 Å². The Morgan fingerprint density at radius 2 is 2.29 bits per heavy atom. The van der Waals surface area contributed by atoms with Crippen LogP contribution in [0.1, 0.15) is 27.2 Å². The third-order valence-corrected chi connectivity index (χ3v) is 2.43. The molecular weight excluding hydrogens is 178 g/mol. The van der Waals surface area contributed by atoms with E-state index in [9.17, 15) is 0 Å². The van der Waals surface area contributed by atoms with Crippen LogP contribution in [0.25, 0.3) is 0 Å². The summed E-state index contributed by atoms with van der Waals surface area (Å²) in [5, 5.41) is 0. The molecule has 0 saturated carbocycles. The molecule has 82 valence electrons. The number of rotatable bonds is 5. The molecule has 1 aliphatic heterocycles. The van der Waals surface area contributed by atoms with Gasteiger partial charge in [0.05, 0.1) is 18.8 Å². The third kappa shape index (κ3) is 2.72. The van der Waals surface area contributed by atoms with Crippen LogP contribution in [0.5, 0.6) is 0 Å². The average molecular weight is 199 g/mol. The lowest BCUT2D eigenvalue weighted by Gasteiger charge is -2.27. The Morgan fingerprint density at radius 1 is 1.57 bits per heavy atom. The Balaban J connectivity index is 2.57. The van der Waals surface area contributed by atoms with Crippen molar-refractivity contribution in [2.24, 2.45) is 11.7 Å². The quantitative estimate of drug-likeness (QED) is 0.732. The molecule has 0 radical (unpaired) electrons. The van der Waals surface area contributed by atoms with E-state index in [0.717, 1.165) is 18.8 Å². The Bertz CT molecular complexity index is 201. The molecule has 0 spiro atoms. The predicted octanol–water partition coefficient (Wildman–Crippen LogP) is 1.68. The molecular formula is C11H21NO2. The molecule has 0 amide bonds. The molecule has 1 rings (SSSR count). The fourth-order valence-corrected chi connectivity index (χ4v) is 1.73. The van der Waals surface area contributed by atoms with E-state index < -0.39 is 0 Å². The van der Waals surface area contributed by atoms with Crippen LogP contribution in [0.4, 0.5) is 0 Å². The Morgan fingerprint density at radius 3 is 2.71 bits per heavy atom. The van der Waals surface area contributed by atoms with Crippen molar-refractivity contribution in [3.63, 3.8) is 0 Å². The van der Waals surface area contributed by atoms with Gasteiger partial charge in [-0.2, -0.15) is 0 Å². The smallest absolute Gasteiger partial charge is 0.111 e. The minimum Gasteiger partial charge on any atom is -0.496 e. The lowest BCUT2D eigenvalue weighted by Crippen LogP contribution is -2.42. The molecule has 3 nitrogen and oxygen atoms in total. The van der Waals surface area contributed by atoms with Crippen molar-refractivity contribution in [1.29, 1.82) is 0 Å². The molecule has 0 bridgehead atoms. The van der Waals surface area contributed by atoms with Gasteiger partial charge >= 0.3 is 0 Å². The van der Waals surface area contributed by atoms with Crippen molar-refractivity contribution in [2.45, 2.75) is 39.3 Å². The van der Waals surface area contributed by atoms with Gasteiger partial charge in [-0.15, -0.1) is 0 Å². The van der Waals surface area contributed by atoms with Crippen LogP contribution in [0, 0.1) is 5.92 Å². The number of ether oxygens (including phenoxy) is 2. The first kappa shape index (κ1) is 11.5. The van der Waals surface area contributed by atoms with Crippen molar-refractivity contribution >= 4 is 0 Å². The van der Waals surface area contributed by atoms with Crippen molar-refractivity contribution in [1.82, 2.24) is 0 Å². The minimum atomic E-state index is -0.113. The molecule has 1 heterocycles. The lowest BCUT2D eigenvalue weighted by molar-refractivity contribution is 0.00880. The maximum absolute atomic E-state index is 6.09. The maximum Gasteiger partial charge on any atom is 0.111 e. The highest BCUT2D eigenvalue weighted by Crippen LogP contribution is 2.20. The Labute approximate surface area is 86.3 Å². The van der Waals surface area contributed by atoms with Gasteiger partial charge in [-0.1, -0.05) is 13.8 Å². The summed E-state index contributed by atoms with van der Waals surface area (Å²) in [6.07, 6.45) is 3.10. The third-order valence-electron chi connectivity index (χ3n) is 2.43.